The summed E-state index contributed by atoms with van der Waals surface area (Å²) in [7, 11) is 0. The molecule has 2 aromatic rings. The summed E-state index contributed by atoms with van der Waals surface area (Å²) in [4.78, 5) is 11.8. The Morgan fingerprint density at radius 1 is 0.765 bits per heavy atom. The maximum Gasteiger partial charge on any atom is 0.333 e. The monoisotopic (exact) mass is 461 g/mol. The number of hydrogen-bond donors (Lipinski definition) is 2. The number of carbonyl (C=O) groups is 1. The van der Waals surface area contributed by atoms with Crippen LogP contribution in [-0.4, -0.2) is 11.1 Å². The second-order valence-electron chi connectivity index (χ2n) is 9.78. The number of benzene rings is 2. The van der Waals surface area contributed by atoms with Crippen LogP contribution in [-0.2, 0) is 17.6 Å². The van der Waals surface area contributed by atoms with E-state index in [1.807, 2.05) is 18.2 Å². The largest absolute Gasteiger partial charge is 0.478 e. The number of aryl methyl sites for hydroxylation is 2. The molecule has 3 nitrogen and oxygen atoms in total. The molecule has 2 N–H and O–H groups in total. The van der Waals surface area contributed by atoms with Crippen LogP contribution in [0.15, 0.2) is 54.1 Å². The Hall–Kier alpha value is -2.55. The lowest BCUT2D eigenvalue weighted by Crippen LogP contribution is -2.16. The summed E-state index contributed by atoms with van der Waals surface area (Å²) in [5.74, 6) is -0.833. The van der Waals surface area contributed by atoms with Crippen LogP contribution in [0.1, 0.15) is 107 Å². The van der Waals surface area contributed by atoms with E-state index in [2.05, 4.69) is 42.6 Å². The van der Waals surface area contributed by atoms with E-state index in [-0.39, 0.29) is 0 Å². The fourth-order valence-corrected chi connectivity index (χ4v) is 4.96. The molecule has 0 heterocycles. The van der Waals surface area contributed by atoms with Crippen molar-refractivity contribution in [2.45, 2.75) is 103 Å². The number of anilines is 1. The second-order valence-corrected chi connectivity index (χ2v) is 9.78. The van der Waals surface area contributed by atoms with E-state index in [4.69, 9.17) is 0 Å². The molecule has 0 aromatic heterocycles. The predicted octanol–water partition coefficient (Wildman–Crippen LogP) is 8.78. The van der Waals surface area contributed by atoms with E-state index in [1.165, 1.54) is 88.2 Å². The van der Waals surface area contributed by atoms with Gasteiger partial charge >= 0.3 is 5.97 Å². The van der Waals surface area contributed by atoms with Gasteiger partial charge in [-0.2, -0.15) is 0 Å². The first-order valence-electron chi connectivity index (χ1n) is 13.6. The van der Waals surface area contributed by atoms with E-state index >= 15 is 0 Å². The van der Waals surface area contributed by atoms with Crippen LogP contribution < -0.4 is 5.32 Å². The third-order valence-corrected chi connectivity index (χ3v) is 7.03. The number of fused-ring (bicyclic) bond motifs is 1. The summed E-state index contributed by atoms with van der Waals surface area (Å²) in [6.07, 6.45) is 18.9. The Balaban J connectivity index is 1.37. The van der Waals surface area contributed by atoms with Crippen molar-refractivity contribution in [1.82, 2.24) is 0 Å². The number of unbranched alkanes of at least 4 members (excludes halogenated alkanes) is 11. The van der Waals surface area contributed by atoms with E-state index in [0.717, 1.165) is 29.8 Å². The summed E-state index contributed by atoms with van der Waals surface area (Å²) in [6.45, 7) is 2.28. The van der Waals surface area contributed by atoms with Gasteiger partial charge in [-0.15, -0.1) is 0 Å². The molecule has 3 heteroatoms. The number of carboxylic acids is 1. The first-order valence-corrected chi connectivity index (χ1v) is 13.6. The van der Waals surface area contributed by atoms with Crippen LogP contribution in [0.4, 0.5) is 5.69 Å². The van der Waals surface area contributed by atoms with Crippen LogP contribution in [0.25, 0.3) is 5.70 Å². The van der Waals surface area contributed by atoms with Crippen LogP contribution in [0.5, 0.6) is 0 Å². The number of aliphatic carboxylic acids is 1. The topological polar surface area (TPSA) is 49.3 Å². The van der Waals surface area contributed by atoms with Gasteiger partial charge in [0.2, 0.25) is 0 Å². The normalized spacial score (nSPS) is 13.1. The molecule has 0 fully saturated rings. The summed E-state index contributed by atoms with van der Waals surface area (Å²) >= 11 is 0. The van der Waals surface area contributed by atoms with Gasteiger partial charge in [-0.05, 0) is 48.9 Å². The molecule has 1 aliphatic carbocycles. The summed E-state index contributed by atoms with van der Waals surface area (Å²) in [6, 6.07) is 16.6. The Morgan fingerprint density at radius 3 is 1.97 bits per heavy atom. The van der Waals surface area contributed by atoms with Crippen molar-refractivity contribution in [3.05, 3.63) is 70.8 Å². The maximum absolute atomic E-state index is 11.8. The van der Waals surface area contributed by atoms with Gasteiger partial charge in [-0.1, -0.05) is 114 Å². The van der Waals surface area contributed by atoms with Crippen molar-refractivity contribution in [2.24, 2.45) is 0 Å². The summed E-state index contributed by atoms with van der Waals surface area (Å²) in [5, 5.41) is 13.1. The van der Waals surface area contributed by atoms with Crippen LogP contribution in [0, 0.1) is 0 Å². The summed E-state index contributed by atoms with van der Waals surface area (Å²) in [5.41, 5.74) is 5.73. The third-order valence-electron chi connectivity index (χ3n) is 7.03. The first kappa shape index (κ1) is 26.1. The van der Waals surface area contributed by atoms with Crippen LogP contribution in [0.3, 0.4) is 0 Å². The number of carboxylic acid groups (broad SMARTS) is 1. The Morgan fingerprint density at radius 2 is 1.35 bits per heavy atom. The SMILES string of the molecule is CCCCCCCCCCCCCCc1ccc(NC2=C(C(=O)O)CCc3ccccc32)cc1. The molecule has 0 amide bonds. The van der Waals surface area contributed by atoms with Crippen molar-refractivity contribution < 1.29 is 9.90 Å². The van der Waals surface area contributed by atoms with Gasteiger partial charge < -0.3 is 10.4 Å². The molecule has 1 aliphatic rings. The minimum absolute atomic E-state index is 0.472. The zero-order valence-corrected chi connectivity index (χ0v) is 21.1. The van der Waals surface area contributed by atoms with Gasteiger partial charge in [-0.25, -0.2) is 4.79 Å². The lowest BCUT2D eigenvalue weighted by atomic mass is 9.89. The Kier molecular flexibility index (Phi) is 11.2. The first-order chi connectivity index (χ1) is 16.7. The van der Waals surface area contributed by atoms with E-state index < -0.39 is 5.97 Å². The lowest BCUT2D eigenvalue weighted by molar-refractivity contribution is -0.132. The van der Waals surface area contributed by atoms with E-state index in [1.54, 1.807) is 0 Å². The van der Waals surface area contributed by atoms with Crippen LogP contribution in [0.2, 0.25) is 0 Å². The Bertz CT molecular complexity index is 913. The molecule has 3 rings (SSSR count). The molecule has 0 atom stereocenters. The quantitative estimate of drug-likeness (QED) is 0.246. The fourth-order valence-electron chi connectivity index (χ4n) is 4.96. The van der Waals surface area contributed by atoms with Crippen molar-refractivity contribution in [1.29, 1.82) is 0 Å². The fraction of sp³-hybridized carbons (Fsp3) is 0.516. The third kappa shape index (κ3) is 8.34. The molecular weight excluding hydrogens is 418 g/mol. The number of rotatable bonds is 16. The van der Waals surface area contributed by atoms with E-state index in [9.17, 15) is 9.90 Å². The average molecular weight is 462 g/mol. The average Bonchev–Trinajstić information content (AvgIpc) is 2.85. The molecule has 0 bridgehead atoms. The minimum Gasteiger partial charge on any atom is -0.478 e. The molecule has 0 saturated heterocycles. The van der Waals surface area contributed by atoms with Crippen LogP contribution >= 0.6 is 0 Å². The minimum atomic E-state index is -0.833. The Labute approximate surface area is 206 Å². The smallest absolute Gasteiger partial charge is 0.333 e. The van der Waals surface area contributed by atoms with Gasteiger partial charge in [-0.3, -0.25) is 0 Å². The molecule has 184 valence electrons. The maximum atomic E-state index is 11.8. The number of nitrogens with one attached hydrogen (secondary N) is 1. The second kappa shape index (κ2) is 14.7. The van der Waals surface area contributed by atoms with Gasteiger partial charge in [0.05, 0.1) is 11.3 Å². The predicted molar refractivity (Wildman–Crippen MR) is 144 cm³/mol. The highest BCUT2D eigenvalue weighted by Gasteiger charge is 2.23. The highest BCUT2D eigenvalue weighted by atomic mass is 16.4. The molecule has 0 saturated carbocycles. The van der Waals surface area contributed by atoms with E-state index in [0.29, 0.717) is 12.0 Å². The van der Waals surface area contributed by atoms with Crippen molar-refractivity contribution >= 4 is 17.4 Å². The molecule has 34 heavy (non-hydrogen) atoms. The highest BCUT2D eigenvalue weighted by molar-refractivity contribution is 6.00. The van der Waals surface area contributed by atoms with Crippen molar-refractivity contribution in [3.8, 4) is 0 Å². The van der Waals surface area contributed by atoms with Gasteiger partial charge in [0.15, 0.2) is 0 Å². The van der Waals surface area contributed by atoms with Crippen molar-refractivity contribution in [3.63, 3.8) is 0 Å². The van der Waals surface area contributed by atoms with Gasteiger partial charge in [0.25, 0.3) is 0 Å². The van der Waals surface area contributed by atoms with Gasteiger partial charge in [0, 0.05) is 11.3 Å². The zero-order chi connectivity index (χ0) is 24.0. The van der Waals surface area contributed by atoms with Gasteiger partial charge in [0.1, 0.15) is 0 Å². The highest BCUT2D eigenvalue weighted by Crippen LogP contribution is 2.32. The molecule has 0 unspecified atom stereocenters. The molecule has 0 aliphatic heterocycles. The number of hydrogen-bond acceptors (Lipinski definition) is 2. The molecule has 0 spiro atoms. The summed E-state index contributed by atoms with van der Waals surface area (Å²) < 4.78 is 0. The molecule has 2 aromatic carbocycles. The standard InChI is InChI=1S/C31H43NO2/c1-2-3-4-5-6-7-8-9-10-11-12-13-16-25-19-22-27(23-20-25)32-30-28-18-15-14-17-26(28)21-24-29(30)31(33)34/h14-15,17-20,22-23,32H,2-13,16,21,24H2,1H3,(H,33,34). The molecule has 0 radical (unpaired) electrons. The molecular formula is C31H43NO2. The zero-order valence-electron chi connectivity index (χ0n) is 21.1. The lowest BCUT2D eigenvalue weighted by Gasteiger charge is -2.23. The van der Waals surface area contributed by atoms with Crippen molar-refractivity contribution in [2.75, 3.05) is 5.32 Å².